The Bertz CT molecular complexity index is 452. The van der Waals surface area contributed by atoms with Crippen LogP contribution in [-0.2, 0) is 0 Å². The van der Waals surface area contributed by atoms with E-state index >= 15 is 0 Å². The van der Waals surface area contributed by atoms with Crippen molar-refractivity contribution in [3.05, 3.63) is 73.5 Å². The summed E-state index contributed by atoms with van der Waals surface area (Å²) < 4.78 is 0. The average molecular weight is 225 g/mol. The first kappa shape index (κ1) is 13.0. The Balaban J connectivity index is 2.91. The van der Waals surface area contributed by atoms with Gasteiger partial charge in [0.2, 0.25) is 0 Å². The Kier molecular flexibility index (Phi) is 5.02. The van der Waals surface area contributed by atoms with Gasteiger partial charge in [0.25, 0.3) is 0 Å². The third kappa shape index (κ3) is 3.80. The van der Waals surface area contributed by atoms with Gasteiger partial charge in [-0.15, -0.1) is 0 Å². The second-order valence-corrected chi connectivity index (χ2v) is 3.74. The summed E-state index contributed by atoms with van der Waals surface area (Å²) in [5.74, 6) is 0. The molecule has 17 heavy (non-hydrogen) atoms. The largest absolute Gasteiger partial charge is 0.356 e. The van der Waals surface area contributed by atoms with Gasteiger partial charge < -0.3 is 5.32 Å². The number of para-hydroxylation sites is 1. The van der Waals surface area contributed by atoms with E-state index < -0.39 is 0 Å². The highest BCUT2D eigenvalue weighted by Crippen LogP contribution is 2.24. The van der Waals surface area contributed by atoms with E-state index in [4.69, 9.17) is 0 Å². The third-order valence-electron chi connectivity index (χ3n) is 2.37. The Labute approximate surface area is 104 Å². The van der Waals surface area contributed by atoms with E-state index in [0.29, 0.717) is 0 Å². The highest BCUT2D eigenvalue weighted by molar-refractivity contribution is 5.81. The SMILES string of the molecule is C=CC(=C)c1ccccc1NC(=C)/C=C\CC. The van der Waals surface area contributed by atoms with Crippen LogP contribution in [0.2, 0.25) is 0 Å². The Morgan fingerprint density at radius 2 is 2.00 bits per heavy atom. The van der Waals surface area contributed by atoms with Crippen LogP contribution >= 0.6 is 0 Å². The summed E-state index contributed by atoms with van der Waals surface area (Å²) in [6.07, 6.45) is 6.81. The first-order valence-electron chi connectivity index (χ1n) is 5.72. The van der Waals surface area contributed by atoms with Gasteiger partial charge in [-0.25, -0.2) is 0 Å². The van der Waals surface area contributed by atoms with E-state index in [9.17, 15) is 0 Å². The lowest BCUT2D eigenvalue weighted by Gasteiger charge is -2.11. The predicted molar refractivity (Wildman–Crippen MR) is 77.9 cm³/mol. The summed E-state index contributed by atoms with van der Waals surface area (Å²) >= 11 is 0. The van der Waals surface area contributed by atoms with Gasteiger partial charge in [0.05, 0.1) is 0 Å². The van der Waals surface area contributed by atoms with Crippen LogP contribution in [0.1, 0.15) is 18.9 Å². The van der Waals surface area contributed by atoms with Crippen LogP contribution in [0.15, 0.2) is 67.9 Å². The number of rotatable bonds is 6. The number of anilines is 1. The van der Waals surface area contributed by atoms with Gasteiger partial charge in [-0.05, 0) is 24.1 Å². The number of allylic oxidation sites excluding steroid dienone is 4. The molecule has 0 aliphatic carbocycles. The number of benzene rings is 1. The molecule has 0 aliphatic heterocycles. The Morgan fingerprint density at radius 3 is 2.65 bits per heavy atom. The van der Waals surface area contributed by atoms with Crippen LogP contribution in [0.25, 0.3) is 5.57 Å². The van der Waals surface area contributed by atoms with Gasteiger partial charge in [-0.3, -0.25) is 0 Å². The Morgan fingerprint density at radius 1 is 1.29 bits per heavy atom. The van der Waals surface area contributed by atoms with Crippen LogP contribution in [0.3, 0.4) is 0 Å². The Hall–Kier alpha value is -2.02. The molecule has 88 valence electrons. The molecular weight excluding hydrogens is 206 g/mol. The molecule has 1 rings (SSSR count). The number of hydrogen-bond donors (Lipinski definition) is 1. The van der Waals surface area contributed by atoms with E-state index in [1.807, 2.05) is 30.3 Å². The molecule has 0 aromatic heterocycles. The van der Waals surface area contributed by atoms with Crippen molar-refractivity contribution in [2.45, 2.75) is 13.3 Å². The van der Waals surface area contributed by atoms with Crippen molar-refractivity contribution in [2.24, 2.45) is 0 Å². The van der Waals surface area contributed by atoms with Crippen LogP contribution in [0, 0.1) is 0 Å². The van der Waals surface area contributed by atoms with Crippen molar-refractivity contribution < 1.29 is 0 Å². The molecule has 1 aromatic carbocycles. The van der Waals surface area contributed by atoms with Gasteiger partial charge >= 0.3 is 0 Å². The van der Waals surface area contributed by atoms with Crippen LogP contribution in [-0.4, -0.2) is 0 Å². The summed E-state index contributed by atoms with van der Waals surface area (Å²) in [7, 11) is 0. The molecule has 0 heterocycles. The van der Waals surface area contributed by atoms with Crippen molar-refractivity contribution in [3.8, 4) is 0 Å². The van der Waals surface area contributed by atoms with Gasteiger partial charge in [-0.2, -0.15) is 0 Å². The molecule has 1 nitrogen and oxygen atoms in total. The molecular formula is C16H19N. The molecule has 0 aliphatic rings. The topological polar surface area (TPSA) is 12.0 Å². The molecule has 0 unspecified atom stereocenters. The summed E-state index contributed by atoms with van der Waals surface area (Å²) in [5.41, 5.74) is 3.83. The van der Waals surface area contributed by atoms with E-state index in [2.05, 4.69) is 38.1 Å². The zero-order valence-electron chi connectivity index (χ0n) is 10.4. The predicted octanol–water partition coefficient (Wildman–Crippen LogP) is 4.78. The van der Waals surface area contributed by atoms with Crippen molar-refractivity contribution in [3.63, 3.8) is 0 Å². The highest BCUT2D eigenvalue weighted by Gasteiger charge is 2.02. The molecule has 0 saturated carbocycles. The van der Waals surface area contributed by atoms with Crippen LogP contribution in [0.5, 0.6) is 0 Å². The maximum absolute atomic E-state index is 3.97. The van der Waals surface area contributed by atoms with Crippen molar-refractivity contribution in [1.82, 2.24) is 0 Å². The van der Waals surface area contributed by atoms with Crippen LogP contribution < -0.4 is 5.32 Å². The second kappa shape index (κ2) is 6.54. The molecule has 0 bridgehead atoms. The minimum Gasteiger partial charge on any atom is -0.356 e. The van der Waals surface area contributed by atoms with E-state index in [1.165, 1.54) is 0 Å². The minimum absolute atomic E-state index is 0.871. The lowest BCUT2D eigenvalue weighted by Crippen LogP contribution is -1.98. The quantitative estimate of drug-likeness (QED) is 0.687. The first-order valence-corrected chi connectivity index (χ1v) is 5.72. The van der Waals surface area contributed by atoms with Gasteiger partial charge in [0.15, 0.2) is 0 Å². The van der Waals surface area contributed by atoms with Crippen molar-refractivity contribution >= 4 is 11.3 Å². The smallest absolute Gasteiger partial charge is 0.0463 e. The van der Waals surface area contributed by atoms with E-state index in [0.717, 1.165) is 28.9 Å². The second-order valence-electron chi connectivity index (χ2n) is 3.74. The molecule has 0 saturated heterocycles. The molecule has 1 aromatic rings. The number of hydrogen-bond acceptors (Lipinski definition) is 1. The summed E-state index contributed by atoms with van der Waals surface area (Å²) in [5, 5.41) is 3.27. The number of nitrogens with one attached hydrogen (secondary N) is 1. The van der Waals surface area contributed by atoms with E-state index in [-0.39, 0.29) is 0 Å². The van der Waals surface area contributed by atoms with Gasteiger partial charge in [-0.1, -0.05) is 57.0 Å². The molecule has 0 atom stereocenters. The van der Waals surface area contributed by atoms with Crippen molar-refractivity contribution in [1.29, 1.82) is 0 Å². The summed E-state index contributed by atoms with van der Waals surface area (Å²) in [4.78, 5) is 0. The average Bonchev–Trinajstić information content (AvgIpc) is 2.36. The maximum atomic E-state index is 3.97. The van der Waals surface area contributed by atoms with Gasteiger partial charge in [0, 0.05) is 16.9 Å². The fourth-order valence-corrected chi connectivity index (χ4v) is 1.46. The fraction of sp³-hybridized carbons (Fsp3) is 0.125. The third-order valence-corrected chi connectivity index (χ3v) is 2.37. The van der Waals surface area contributed by atoms with E-state index in [1.54, 1.807) is 6.08 Å². The molecule has 0 fully saturated rings. The molecule has 1 heteroatoms. The fourth-order valence-electron chi connectivity index (χ4n) is 1.46. The standard InChI is InChI=1S/C16H19N/c1-5-7-10-14(4)17-16-12-9-8-11-15(16)13(3)6-2/h6-12,17H,2-5H2,1H3/b10-7-. The first-order chi connectivity index (χ1) is 8.19. The maximum Gasteiger partial charge on any atom is 0.0463 e. The normalized spacial score (nSPS) is 10.2. The van der Waals surface area contributed by atoms with Crippen molar-refractivity contribution in [2.75, 3.05) is 5.32 Å². The molecule has 0 amide bonds. The minimum atomic E-state index is 0.871. The molecule has 1 N–H and O–H groups in total. The molecule has 0 spiro atoms. The van der Waals surface area contributed by atoms with Gasteiger partial charge in [0.1, 0.15) is 0 Å². The zero-order chi connectivity index (χ0) is 12.7. The molecule has 0 radical (unpaired) electrons. The van der Waals surface area contributed by atoms with Crippen LogP contribution in [0.4, 0.5) is 5.69 Å². The zero-order valence-corrected chi connectivity index (χ0v) is 10.4. The lowest BCUT2D eigenvalue weighted by atomic mass is 10.1. The summed E-state index contributed by atoms with van der Waals surface area (Å²) in [6, 6.07) is 8.00. The summed E-state index contributed by atoms with van der Waals surface area (Å²) in [6.45, 7) is 13.8. The highest BCUT2D eigenvalue weighted by atomic mass is 14.9. The lowest BCUT2D eigenvalue weighted by molar-refractivity contribution is 1.22. The monoisotopic (exact) mass is 225 g/mol.